The molecule has 1 N–H and O–H groups in total. The third-order valence-electron chi connectivity index (χ3n) is 3.67. The summed E-state index contributed by atoms with van der Waals surface area (Å²) in [5.41, 5.74) is 4.98. The summed E-state index contributed by atoms with van der Waals surface area (Å²) in [6.45, 7) is 1.78. The van der Waals surface area contributed by atoms with E-state index in [1.807, 2.05) is 6.07 Å². The lowest BCUT2D eigenvalue weighted by Gasteiger charge is -2.04. The maximum Gasteiger partial charge on any atom is 0.308 e. The van der Waals surface area contributed by atoms with Crippen LogP contribution >= 0.6 is 0 Å². The topological polar surface area (TPSA) is 63.3 Å². The van der Waals surface area contributed by atoms with Crippen molar-refractivity contribution in [2.75, 3.05) is 0 Å². The van der Waals surface area contributed by atoms with Crippen LogP contribution in [0.2, 0.25) is 0 Å². The fourth-order valence-electron chi connectivity index (χ4n) is 2.69. The molecule has 2 aromatic rings. The average Bonchev–Trinajstić information content (AvgIpc) is 2.96. The Hall–Kier alpha value is -2.10. The van der Waals surface area contributed by atoms with E-state index in [0.717, 1.165) is 18.4 Å². The van der Waals surface area contributed by atoms with E-state index in [1.54, 1.807) is 6.92 Å². The number of aryl methyl sites for hydroxylation is 3. The Bertz CT molecular complexity index is 643. The van der Waals surface area contributed by atoms with Gasteiger partial charge in [0, 0.05) is 11.1 Å². The molecule has 1 heterocycles. The molecule has 0 saturated carbocycles. The zero-order valence-electron chi connectivity index (χ0n) is 10.8. The van der Waals surface area contributed by atoms with Crippen molar-refractivity contribution in [1.29, 1.82) is 0 Å². The molecular formula is C15H15NO3. The number of nitrogens with zero attached hydrogens (tertiary/aromatic N) is 1. The lowest BCUT2D eigenvalue weighted by molar-refractivity contribution is -0.136. The molecule has 98 valence electrons. The summed E-state index contributed by atoms with van der Waals surface area (Å²) in [6, 6.07) is 6.21. The zero-order chi connectivity index (χ0) is 13.4. The van der Waals surface area contributed by atoms with Crippen molar-refractivity contribution in [2.45, 2.75) is 32.6 Å². The van der Waals surface area contributed by atoms with Gasteiger partial charge in [-0.25, -0.2) is 0 Å². The number of aromatic nitrogens is 1. The summed E-state index contributed by atoms with van der Waals surface area (Å²) in [5.74, 6) is -0.275. The van der Waals surface area contributed by atoms with E-state index in [-0.39, 0.29) is 6.42 Å². The van der Waals surface area contributed by atoms with Crippen LogP contribution in [0.3, 0.4) is 0 Å². The molecule has 0 unspecified atom stereocenters. The normalized spacial score (nSPS) is 13.5. The van der Waals surface area contributed by atoms with Crippen LogP contribution in [-0.4, -0.2) is 16.2 Å². The molecule has 1 aliphatic rings. The minimum Gasteiger partial charge on any atom is -0.481 e. The highest BCUT2D eigenvalue weighted by Gasteiger charge is 2.19. The van der Waals surface area contributed by atoms with E-state index >= 15 is 0 Å². The van der Waals surface area contributed by atoms with Crippen LogP contribution in [0, 0.1) is 6.92 Å². The van der Waals surface area contributed by atoms with Gasteiger partial charge in [-0.05, 0) is 43.4 Å². The number of carbonyl (C=O) groups is 1. The van der Waals surface area contributed by atoms with Crippen molar-refractivity contribution in [3.63, 3.8) is 0 Å². The van der Waals surface area contributed by atoms with Gasteiger partial charge >= 0.3 is 5.97 Å². The van der Waals surface area contributed by atoms with Gasteiger partial charge in [0.05, 0.1) is 12.1 Å². The molecule has 1 aromatic heterocycles. The molecule has 0 saturated heterocycles. The second-order valence-corrected chi connectivity index (χ2v) is 4.98. The van der Waals surface area contributed by atoms with Crippen molar-refractivity contribution in [3.8, 4) is 11.3 Å². The number of carboxylic acids is 1. The summed E-state index contributed by atoms with van der Waals surface area (Å²) in [5, 5.41) is 12.9. The largest absolute Gasteiger partial charge is 0.481 e. The standard InChI is InChI=1S/C15H15NO3/c1-9-13(8-14(17)18)15(19-16-9)12-6-5-10-3-2-4-11(10)7-12/h5-7H,2-4,8H2,1H3,(H,17,18). The van der Waals surface area contributed by atoms with Gasteiger partial charge in [-0.3, -0.25) is 4.79 Å². The zero-order valence-corrected chi connectivity index (χ0v) is 10.8. The molecule has 1 aliphatic carbocycles. The average molecular weight is 257 g/mol. The summed E-state index contributed by atoms with van der Waals surface area (Å²) in [4.78, 5) is 10.9. The second-order valence-electron chi connectivity index (χ2n) is 4.98. The van der Waals surface area contributed by atoms with E-state index in [9.17, 15) is 4.79 Å². The number of benzene rings is 1. The predicted molar refractivity (Wildman–Crippen MR) is 70.0 cm³/mol. The molecule has 3 rings (SSSR count). The predicted octanol–water partition coefficient (Wildman–Crippen LogP) is 2.77. The van der Waals surface area contributed by atoms with Gasteiger partial charge in [-0.2, -0.15) is 0 Å². The fourth-order valence-corrected chi connectivity index (χ4v) is 2.69. The van der Waals surface area contributed by atoms with Gasteiger partial charge in [0.1, 0.15) is 0 Å². The van der Waals surface area contributed by atoms with Crippen molar-refractivity contribution >= 4 is 5.97 Å². The minimum absolute atomic E-state index is 0.0538. The number of rotatable bonds is 3. The molecule has 0 atom stereocenters. The molecular weight excluding hydrogens is 242 g/mol. The van der Waals surface area contributed by atoms with Crippen LogP contribution in [0.1, 0.15) is 28.8 Å². The molecule has 4 nitrogen and oxygen atoms in total. The van der Waals surface area contributed by atoms with Crippen molar-refractivity contribution in [3.05, 3.63) is 40.6 Å². The van der Waals surface area contributed by atoms with E-state index < -0.39 is 5.97 Å². The molecule has 0 spiro atoms. The summed E-state index contributed by atoms with van der Waals surface area (Å²) in [6.07, 6.45) is 3.36. The Morgan fingerprint density at radius 1 is 1.37 bits per heavy atom. The SMILES string of the molecule is Cc1noc(-c2ccc3c(c2)CCC3)c1CC(=O)O. The van der Waals surface area contributed by atoms with E-state index in [1.165, 1.54) is 17.5 Å². The maximum absolute atomic E-state index is 10.9. The highest BCUT2D eigenvalue weighted by atomic mass is 16.5. The van der Waals surface area contributed by atoms with Gasteiger partial charge in [-0.1, -0.05) is 17.3 Å². The van der Waals surface area contributed by atoms with E-state index in [4.69, 9.17) is 9.63 Å². The first-order valence-corrected chi connectivity index (χ1v) is 6.44. The Balaban J connectivity index is 2.04. The fraction of sp³-hybridized carbons (Fsp3) is 0.333. The Kier molecular flexibility index (Phi) is 2.85. The molecule has 0 radical (unpaired) electrons. The maximum atomic E-state index is 10.9. The number of fused-ring (bicyclic) bond motifs is 1. The molecule has 1 aromatic carbocycles. The number of hydrogen-bond acceptors (Lipinski definition) is 3. The van der Waals surface area contributed by atoms with Crippen LogP contribution in [0.15, 0.2) is 22.7 Å². The van der Waals surface area contributed by atoms with Gasteiger partial charge < -0.3 is 9.63 Å². The first kappa shape index (κ1) is 12.0. The van der Waals surface area contributed by atoms with Gasteiger partial charge in [-0.15, -0.1) is 0 Å². The highest BCUT2D eigenvalue weighted by Crippen LogP contribution is 2.31. The van der Waals surface area contributed by atoms with Gasteiger partial charge in [0.15, 0.2) is 5.76 Å². The molecule has 19 heavy (non-hydrogen) atoms. The molecule has 0 amide bonds. The quantitative estimate of drug-likeness (QED) is 0.918. The van der Waals surface area contributed by atoms with Crippen LogP contribution in [0.5, 0.6) is 0 Å². The van der Waals surface area contributed by atoms with E-state index in [0.29, 0.717) is 17.0 Å². The van der Waals surface area contributed by atoms with Crippen LogP contribution < -0.4 is 0 Å². The summed E-state index contributed by atoms with van der Waals surface area (Å²) >= 11 is 0. The summed E-state index contributed by atoms with van der Waals surface area (Å²) < 4.78 is 5.33. The Morgan fingerprint density at radius 3 is 2.95 bits per heavy atom. The number of carboxylic acid groups (broad SMARTS) is 1. The first-order chi connectivity index (χ1) is 9.15. The van der Waals surface area contributed by atoms with Crippen LogP contribution in [0.25, 0.3) is 11.3 Å². The first-order valence-electron chi connectivity index (χ1n) is 6.44. The third kappa shape index (κ3) is 2.14. The van der Waals surface area contributed by atoms with Crippen LogP contribution in [-0.2, 0) is 24.1 Å². The number of aliphatic carboxylic acids is 1. The van der Waals surface area contributed by atoms with E-state index in [2.05, 4.69) is 17.3 Å². The van der Waals surface area contributed by atoms with Gasteiger partial charge in [0.25, 0.3) is 0 Å². The number of hydrogen-bond donors (Lipinski definition) is 1. The molecule has 0 bridgehead atoms. The highest BCUT2D eigenvalue weighted by molar-refractivity contribution is 5.75. The summed E-state index contributed by atoms with van der Waals surface area (Å²) in [7, 11) is 0. The molecule has 0 fully saturated rings. The van der Waals surface area contributed by atoms with Crippen molar-refractivity contribution in [1.82, 2.24) is 5.16 Å². The monoisotopic (exact) mass is 257 g/mol. The third-order valence-corrected chi connectivity index (χ3v) is 3.67. The Morgan fingerprint density at radius 2 is 2.16 bits per heavy atom. The van der Waals surface area contributed by atoms with Crippen molar-refractivity contribution < 1.29 is 14.4 Å². The molecule has 4 heteroatoms. The van der Waals surface area contributed by atoms with Crippen molar-refractivity contribution in [2.24, 2.45) is 0 Å². The lowest BCUT2D eigenvalue weighted by atomic mass is 10.0. The second kappa shape index (κ2) is 4.53. The van der Waals surface area contributed by atoms with Gasteiger partial charge in [0.2, 0.25) is 0 Å². The van der Waals surface area contributed by atoms with Crippen LogP contribution in [0.4, 0.5) is 0 Å². The lowest BCUT2D eigenvalue weighted by Crippen LogP contribution is -2.02. The smallest absolute Gasteiger partial charge is 0.308 e. The Labute approximate surface area is 111 Å². The molecule has 0 aliphatic heterocycles. The minimum atomic E-state index is -0.867.